The molecule has 0 spiro atoms. The fourth-order valence-electron chi connectivity index (χ4n) is 2.06. The molecule has 0 aliphatic rings. The van der Waals surface area contributed by atoms with Gasteiger partial charge >= 0.3 is 0 Å². The molecule has 1 heterocycles. The second-order valence-corrected chi connectivity index (χ2v) is 5.30. The molecule has 116 valence electrons. The Morgan fingerprint density at radius 1 is 1.23 bits per heavy atom. The predicted molar refractivity (Wildman–Crippen MR) is 87.1 cm³/mol. The van der Waals surface area contributed by atoms with Crippen molar-refractivity contribution in [2.24, 2.45) is 0 Å². The standard InChI is InChI=1S/C16H18ClN3O2/c1-2-10-20(16(22)14-4-3-9-18-14)11-15(21)19-13-7-5-12(17)6-8-13/h3-9,18H,2,10-11H2,1H3,(H,19,21). The molecule has 2 N–H and O–H groups in total. The summed E-state index contributed by atoms with van der Waals surface area (Å²) < 4.78 is 0. The van der Waals surface area contributed by atoms with Crippen LogP contribution < -0.4 is 5.32 Å². The van der Waals surface area contributed by atoms with Gasteiger partial charge in [0.25, 0.3) is 5.91 Å². The number of anilines is 1. The number of carbonyl (C=O) groups is 2. The van der Waals surface area contributed by atoms with E-state index in [2.05, 4.69) is 10.3 Å². The molecule has 0 unspecified atom stereocenters. The molecular weight excluding hydrogens is 302 g/mol. The number of hydrogen-bond acceptors (Lipinski definition) is 2. The Morgan fingerprint density at radius 2 is 1.95 bits per heavy atom. The average Bonchev–Trinajstić information content (AvgIpc) is 3.03. The Balaban J connectivity index is 1.99. The normalized spacial score (nSPS) is 10.3. The van der Waals surface area contributed by atoms with E-state index in [9.17, 15) is 9.59 Å². The largest absolute Gasteiger partial charge is 0.357 e. The summed E-state index contributed by atoms with van der Waals surface area (Å²) in [5.41, 5.74) is 1.13. The highest BCUT2D eigenvalue weighted by molar-refractivity contribution is 6.30. The van der Waals surface area contributed by atoms with Crippen molar-refractivity contribution >= 4 is 29.1 Å². The third-order valence-corrected chi connectivity index (χ3v) is 3.32. The van der Waals surface area contributed by atoms with Crippen LogP contribution in [0.3, 0.4) is 0 Å². The van der Waals surface area contributed by atoms with Crippen molar-refractivity contribution < 1.29 is 9.59 Å². The van der Waals surface area contributed by atoms with Crippen LogP contribution in [0.5, 0.6) is 0 Å². The molecule has 2 rings (SSSR count). The third-order valence-electron chi connectivity index (χ3n) is 3.07. The Hall–Kier alpha value is -2.27. The van der Waals surface area contributed by atoms with Gasteiger partial charge in [-0.1, -0.05) is 18.5 Å². The fourth-order valence-corrected chi connectivity index (χ4v) is 2.19. The molecule has 0 aliphatic carbocycles. The SMILES string of the molecule is CCCN(CC(=O)Nc1ccc(Cl)cc1)C(=O)c1ccc[nH]1. The monoisotopic (exact) mass is 319 g/mol. The molecule has 22 heavy (non-hydrogen) atoms. The average molecular weight is 320 g/mol. The number of nitrogens with one attached hydrogen (secondary N) is 2. The molecule has 0 aliphatic heterocycles. The smallest absolute Gasteiger partial charge is 0.270 e. The quantitative estimate of drug-likeness (QED) is 0.859. The van der Waals surface area contributed by atoms with Crippen LogP contribution >= 0.6 is 11.6 Å². The van der Waals surface area contributed by atoms with Crippen molar-refractivity contribution in [3.8, 4) is 0 Å². The van der Waals surface area contributed by atoms with Gasteiger partial charge in [0.05, 0.1) is 0 Å². The minimum absolute atomic E-state index is 0.00825. The van der Waals surface area contributed by atoms with Crippen molar-refractivity contribution in [1.82, 2.24) is 9.88 Å². The molecule has 0 atom stereocenters. The number of aromatic nitrogens is 1. The van der Waals surface area contributed by atoms with Crippen LogP contribution in [0.2, 0.25) is 5.02 Å². The van der Waals surface area contributed by atoms with Gasteiger partial charge in [-0.15, -0.1) is 0 Å². The molecule has 5 nitrogen and oxygen atoms in total. The van der Waals surface area contributed by atoms with Crippen LogP contribution in [0.4, 0.5) is 5.69 Å². The molecule has 0 fully saturated rings. The number of carbonyl (C=O) groups excluding carboxylic acids is 2. The molecule has 2 aromatic rings. The third kappa shape index (κ3) is 4.36. The summed E-state index contributed by atoms with van der Waals surface area (Å²) in [6.07, 6.45) is 2.46. The van der Waals surface area contributed by atoms with Crippen molar-refractivity contribution in [2.75, 3.05) is 18.4 Å². The van der Waals surface area contributed by atoms with E-state index in [1.54, 1.807) is 42.6 Å². The highest BCUT2D eigenvalue weighted by atomic mass is 35.5. The molecular formula is C16H18ClN3O2. The molecule has 6 heteroatoms. The summed E-state index contributed by atoms with van der Waals surface area (Å²) in [4.78, 5) is 28.8. The van der Waals surface area contributed by atoms with Crippen LogP contribution in [0.15, 0.2) is 42.6 Å². The molecule has 1 aromatic heterocycles. The van der Waals surface area contributed by atoms with Crippen molar-refractivity contribution in [1.29, 1.82) is 0 Å². The highest BCUT2D eigenvalue weighted by Gasteiger charge is 2.18. The second kappa shape index (κ2) is 7.66. The first kappa shape index (κ1) is 16.1. The first-order valence-corrected chi connectivity index (χ1v) is 7.46. The lowest BCUT2D eigenvalue weighted by atomic mass is 10.3. The van der Waals surface area contributed by atoms with Gasteiger partial charge in [-0.05, 0) is 42.8 Å². The minimum atomic E-state index is -0.240. The van der Waals surface area contributed by atoms with E-state index in [1.165, 1.54) is 4.90 Å². The number of rotatable bonds is 6. The fraction of sp³-hybridized carbons (Fsp3) is 0.250. The lowest BCUT2D eigenvalue weighted by Gasteiger charge is -2.21. The van der Waals surface area contributed by atoms with E-state index in [0.717, 1.165) is 6.42 Å². The molecule has 0 radical (unpaired) electrons. The van der Waals surface area contributed by atoms with Crippen molar-refractivity contribution in [2.45, 2.75) is 13.3 Å². The van der Waals surface area contributed by atoms with Gasteiger partial charge in [0.15, 0.2) is 0 Å². The summed E-state index contributed by atoms with van der Waals surface area (Å²) in [6, 6.07) is 10.3. The Morgan fingerprint density at radius 3 is 2.55 bits per heavy atom. The highest BCUT2D eigenvalue weighted by Crippen LogP contribution is 2.13. The molecule has 0 saturated carbocycles. The Labute approximate surface area is 134 Å². The maximum atomic E-state index is 12.3. The molecule has 1 aromatic carbocycles. The topological polar surface area (TPSA) is 65.2 Å². The number of benzene rings is 1. The predicted octanol–water partition coefficient (Wildman–Crippen LogP) is 3.16. The van der Waals surface area contributed by atoms with Crippen LogP contribution in [-0.2, 0) is 4.79 Å². The maximum Gasteiger partial charge on any atom is 0.270 e. The number of halogens is 1. The summed E-state index contributed by atoms with van der Waals surface area (Å²) in [5.74, 6) is -0.422. The van der Waals surface area contributed by atoms with Gasteiger partial charge in [-0.2, -0.15) is 0 Å². The Bertz CT molecular complexity index is 623. The zero-order valence-corrected chi connectivity index (χ0v) is 13.1. The second-order valence-electron chi connectivity index (χ2n) is 4.87. The zero-order chi connectivity index (χ0) is 15.9. The first-order valence-electron chi connectivity index (χ1n) is 7.08. The van der Waals surface area contributed by atoms with Crippen LogP contribution in [0.25, 0.3) is 0 Å². The summed E-state index contributed by atoms with van der Waals surface area (Å²) in [5, 5.41) is 3.36. The minimum Gasteiger partial charge on any atom is -0.357 e. The number of hydrogen-bond donors (Lipinski definition) is 2. The van der Waals surface area contributed by atoms with E-state index in [4.69, 9.17) is 11.6 Å². The lowest BCUT2D eigenvalue weighted by Crippen LogP contribution is -2.38. The number of aromatic amines is 1. The Kier molecular flexibility index (Phi) is 5.61. The van der Waals surface area contributed by atoms with Crippen LogP contribution in [0, 0.1) is 0 Å². The van der Waals surface area contributed by atoms with Gasteiger partial charge in [-0.25, -0.2) is 0 Å². The van der Waals surface area contributed by atoms with Gasteiger partial charge < -0.3 is 15.2 Å². The van der Waals surface area contributed by atoms with Gasteiger partial charge in [0.1, 0.15) is 12.2 Å². The van der Waals surface area contributed by atoms with Gasteiger partial charge in [-0.3, -0.25) is 9.59 Å². The van der Waals surface area contributed by atoms with Gasteiger partial charge in [0, 0.05) is 23.5 Å². The van der Waals surface area contributed by atoms with Crippen molar-refractivity contribution in [3.05, 3.63) is 53.3 Å². The van der Waals surface area contributed by atoms with Crippen LogP contribution in [0.1, 0.15) is 23.8 Å². The molecule has 2 amide bonds. The van der Waals surface area contributed by atoms with E-state index >= 15 is 0 Å². The van der Waals surface area contributed by atoms with E-state index < -0.39 is 0 Å². The summed E-state index contributed by atoms with van der Waals surface area (Å²) >= 11 is 5.80. The van der Waals surface area contributed by atoms with Crippen LogP contribution in [-0.4, -0.2) is 34.8 Å². The first-order chi connectivity index (χ1) is 10.6. The van der Waals surface area contributed by atoms with E-state index in [1.807, 2.05) is 6.92 Å². The number of H-pyrrole nitrogens is 1. The van der Waals surface area contributed by atoms with Crippen molar-refractivity contribution in [3.63, 3.8) is 0 Å². The number of amides is 2. The molecule has 0 saturated heterocycles. The van der Waals surface area contributed by atoms with E-state index in [-0.39, 0.29) is 18.4 Å². The van der Waals surface area contributed by atoms with Gasteiger partial charge in [0.2, 0.25) is 5.91 Å². The summed E-state index contributed by atoms with van der Waals surface area (Å²) in [7, 11) is 0. The number of nitrogens with zero attached hydrogens (tertiary/aromatic N) is 1. The van der Waals surface area contributed by atoms with E-state index in [0.29, 0.717) is 22.9 Å². The maximum absolute atomic E-state index is 12.3. The zero-order valence-electron chi connectivity index (χ0n) is 12.3. The summed E-state index contributed by atoms with van der Waals surface area (Å²) in [6.45, 7) is 2.49. The lowest BCUT2D eigenvalue weighted by molar-refractivity contribution is -0.116. The molecule has 0 bridgehead atoms.